The van der Waals surface area contributed by atoms with Crippen LogP contribution in [0.15, 0.2) is 30.5 Å². The number of nitrogens with zero attached hydrogens (tertiary/aromatic N) is 3. The third-order valence-corrected chi connectivity index (χ3v) is 4.52. The summed E-state index contributed by atoms with van der Waals surface area (Å²) in [6, 6.07) is 7.88. The molecule has 0 aliphatic carbocycles. The fraction of sp³-hybridized carbons (Fsp3) is 0.412. The lowest BCUT2D eigenvalue weighted by Crippen LogP contribution is -2.41. The first-order valence-corrected chi connectivity index (χ1v) is 7.90. The maximum absolute atomic E-state index is 13.0. The first-order valence-electron chi connectivity index (χ1n) is 7.90. The fourth-order valence-corrected chi connectivity index (χ4v) is 3.32. The maximum atomic E-state index is 13.0. The Kier molecular flexibility index (Phi) is 3.63. The molecule has 0 radical (unpaired) electrons. The molecule has 6 nitrogen and oxygen atoms in total. The van der Waals surface area contributed by atoms with Gasteiger partial charge in [-0.1, -0.05) is 18.2 Å². The molecule has 3 heterocycles. The van der Waals surface area contributed by atoms with Gasteiger partial charge in [0.2, 0.25) is 0 Å². The Bertz CT molecular complexity index is 717. The molecule has 1 atom stereocenters. The van der Waals surface area contributed by atoms with Gasteiger partial charge in [0.1, 0.15) is 18.1 Å². The highest BCUT2D eigenvalue weighted by Gasteiger charge is 2.30. The summed E-state index contributed by atoms with van der Waals surface area (Å²) in [4.78, 5) is 19.1. The number of hydrogen-bond acceptors (Lipinski definition) is 4. The van der Waals surface area contributed by atoms with Gasteiger partial charge in [-0.2, -0.15) is 0 Å². The van der Waals surface area contributed by atoms with Crippen LogP contribution in [0, 0.1) is 5.92 Å². The highest BCUT2D eigenvalue weighted by atomic mass is 16.5. The summed E-state index contributed by atoms with van der Waals surface area (Å²) in [5.41, 5.74) is 2.46. The van der Waals surface area contributed by atoms with E-state index in [2.05, 4.69) is 4.98 Å². The quantitative estimate of drug-likeness (QED) is 0.905. The molecule has 2 aliphatic heterocycles. The van der Waals surface area contributed by atoms with Gasteiger partial charge >= 0.3 is 0 Å². The molecule has 4 rings (SSSR count). The van der Waals surface area contributed by atoms with Crippen LogP contribution in [-0.2, 0) is 24.3 Å². The van der Waals surface area contributed by atoms with Crippen LogP contribution in [-0.4, -0.2) is 40.3 Å². The number of aromatic nitrogens is 2. The van der Waals surface area contributed by atoms with Gasteiger partial charge in [0.15, 0.2) is 0 Å². The Morgan fingerprint density at radius 2 is 2.26 bits per heavy atom. The van der Waals surface area contributed by atoms with Crippen LogP contribution >= 0.6 is 0 Å². The van der Waals surface area contributed by atoms with Crippen LogP contribution in [0.4, 0.5) is 5.69 Å². The van der Waals surface area contributed by atoms with Gasteiger partial charge in [-0.15, -0.1) is 0 Å². The van der Waals surface area contributed by atoms with Crippen molar-refractivity contribution in [3.05, 3.63) is 47.5 Å². The van der Waals surface area contributed by atoms with Crippen molar-refractivity contribution in [3.8, 4) is 0 Å². The molecule has 0 bridgehead atoms. The Morgan fingerprint density at radius 1 is 1.39 bits per heavy atom. The zero-order valence-corrected chi connectivity index (χ0v) is 12.8. The number of carbonyl (C=O) groups excluding carboxylic acids is 1. The topological polar surface area (TPSA) is 67.6 Å². The van der Waals surface area contributed by atoms with Crippen molar-refractivity contribution < 1.29 is 14.6 Å². The SMILES string of the molecule is O=C(c1cn2c(n1)COCC2)N1CC(CO)Cc2ccccc21. The van der Waals surface area contributed by atoms with E-state index in [1.54, 1.807) is 4.90 Å². The molecule has 1 N–H and O–H groups in total. The van der Waals surface area contributed by atoms with Gasteiger partial charge in [0, 0.05) is 37.5 Å². The molecule has 23 heavy (non-hydrogen) atoms. The van der Waals surface area contributed by atoms with Crippen molar-refractivity contribution in [2.45, 2.75) is 19.6 Å². The Hall–Kier alpha value is -2.18. The van der Waals surface area contributed by atoms with Crippen LogP contribution in [0.1, 0.15) is 21.9 Å². The molecule has 1 amide bonds. The predicted octanol–water partition coefficient (Wildman–Crippen LogP) is 1.22. The minimum atomic E-state index is -0.113. The van der Waals surface area contributed by atoms with Gasteiger partial charge in [-0.25, -0.2) is 4.98 Å². The molecule has 0 saturated heterocycles. The van der Waals surface area contributed by atoms with Crippen molar-refractivity contribution in [1.29, 1.82) is 0 Å². The first kappa shape index (κ1) is 14.4. The van der Waals surface area contributed by atoms with Crippen molar-refractivity contribution in [3.63, 3.8) is 0 Å². The second-order valence-corrected chi connectivity index (χ2v) is 6.09. The lowest BCUT2D eigenvalue weighted by Gasteiger charge is -2.33. The van der Waals surface area contributed by atoms with E-state index in [1.807, 2.05) is 35.0 Å². The molecule has 1 aromatic heterocycles. The Balaban J connectivity index is 1.68. The lowest BCUT2D eigenvalue weighted by atomic mass is 9.93. The average molecular weight is 313 g/mol. The minimum absolute atomic E-state index is 0.0643. The van der Waals surface area contributed by atoms with E-state index in [-0.39, 0.29) is 18.4 Å². The lowest BCUT2D eigenvalue weighted by molar-refractivity contribution is 0.0816. The number of benzene rings is 1. The van der Waals surface area contributed by atoms with Gasteiger partial charge in [0.25, 0.3) is 5.91 Å². The minimum Gasteiger partial charge on any atom is -0.396 e. The van der Waals surface area contributed by atoms with Crippen molar-refractivity contribution in [2.24, 2.45) is 5.92 Å². The summed E-state index contributed by atoms with van der Waals surface area (Å²) in [5.74, 6) is 0.746. The molecule has 1 unspecified atom stereocenters. The second kappa shape index (κ2) is 5.79. The number of para-hydroxylation sites is 1. The molecular formula is C17H19N3O3. The number of ether oxygens (including phenoxy) is 1. The van der Waals surface area contributed by atoms with E-state index < -0.39 is 0 Å². The molecule has 0 saturated carbocycles. The van der Waals surface area contributed by atoms with E-state index in [1.165, 1.54) is 0 Å². The number of carbonyl (C=O) groups is 1. The van der Waals surface area contributed by atoms with Crippen LogP contribution in [0.25, 0.3) is 0 Å². The van der Waals surface area contributed by atoms with Gasteiger partial charge in [0.05, 0.1) is 6.61 Å². The predicted molar refractivity (Wildman–Crippen MR) is 84.3 cm³/mol. The van der Waals surface area contributed by atoms with E-state index >= 15 is 0 Å². The zero-order valence-electron chi connectivity index (χ0n) is 12.8. The number of amides is 1. The number of hydrogen-bond donors (Lipinski definition) is 1. The smallest absolute Gasteiger partial charge is 0.278 e. The van der Waals surface area contributed by atoms with Crippen LogP contribution in [0.2, 0.25) is 0 Å². The van der Waals surface area contributed by atoms with Gasteiger partial charge in [-0.3, -0.25) is 4.79 Å². The van der Waals surface area contributed by atoms with Crippen molar-refractivity contribution in [1.82, 2.24) is 9.55 Å². The largest absolute Gasteiger partial charge is 0.396 e. The monoisotopic (exact) mass is 313 g/mol. The average Bonchev–Trinajstić information content (AvgIpc) is 3.04. The zero-order chi connectivity index (χ0) is 15.8. The molecule has 0 fully saturated rings. The number of aliphatic hydroxyl groups is 1. The van der Waals surface area contributed by atoms with Crippen molar-refractivity contribution >= 4 is 11.6 Å². The van der Waals surface area contributed by atoms with E-state index in [4.69, 9.17) is 4.74 Å². The number of rotatable bonds is 2. The number of imidazole rings is 1. The number of anilines is 1. The van der Waals surface area contributed by atoms with E-state index in [0.717, 1.165) is 30.0 Å². The van der Waals surface area contributed by atoms with Crippen LogP contribution in [0.5, 0.6) is 0 Å². The van der Waals surface area contributed by atoms with Gasteiger partial charge in [-0.05, 0) is 18.1 Å². The van der Waals surface area contributed by atoms with E-state index in [0.29, 0.717) is 25.5 Å². The molecule has 1 aromatic carbocycles. The number of aliphatic hydroxyl groups excluding tert-OH is 1. The van der Waals surface area contributed by atoms with Crippen LogP contribution in [0.3, 0.4) is 0 Å². The third kappa shape index (κ3) is 2.54. The highest BCUT2D eigenvalue weighted by Crippen LogP contribution is 2.30. The second-order valence-electron chi connectivity index (χ2n) is 6.09. The summed E-state index contributed by atoms with van der Waals surface area (Å²) in [6.07, 6.45) is 2.61. The highest BCUT2D eigenvalue weighted by molar-refractivity contribution is 6.05. The van der Waals surface area contributed by atoms with Gasteiger partial charge < -0.3 is 19.3 Å². The fourth-order valence-electron chi connectivity index (χ4n) is 3.32. The van der Waals surface area contributed by atoms with Crippen LogP contribution < -0.4 is 4.90 Å². The molecule has 6 heteroatoms. The molecule has 2 aliphatic rings. The Morgan fingerprint density at radius 3 is 3.09 bits per heavy atom. The Labute approximate surface area is 134 Å². The summed E-state index contributed by atoms with van der Waals surface area (Å²) in [6.45, 7) is 2.42. The van der Waals surface area contributed by atoms with E-state index in [9.17, 15) is 9.90 Å². The standard InChI is InChI=1S/C17H19N3O3/c21-10-12-7-13-3-1-2-4-15(13)20(8-12)17(22)14-9-19-5-6-23-11-16(19)18-14/h1-4,9,12,21H,5-8,10-11H2. The third-order valence-electron chi connectivity index (χ3n) is 4.52. The van der Waals surface area contributed by atoms with Crippen molar-refractivity contribution in [2.75, 3.05) is 24.7 Å². The normalized spacial score (nSPS) is 20.0. The molecule has 0 spiro atoms. The summed E-state index contributed by atoms with van der Waals surface area (Å²) in [7, 11) is 0. The summed E-state index contributed by atoms with van der Waals surface area (Å²) >= 11 is 0. The molecule has 2 aromatic rings. The summed E-state index contributed by atoms with van der Waals surface area (Å²) < 4.78 is 7.37. The molecule has 120 valence electrons. The maximum Gasteiger partial charge on any atom is 0.278 e. The molecular weight excluding hydrogens is 294 g/mol. The first-order chi connectivity index (χ1) is 11.3. The summed E-state index contributed by atoms with van der Waals surface area (Å²) in [5, 5.41) is 9.55. The number of fused-ring (bicyclic) bond motifs is 2.